The highest BCUT2D eigenvalue weighted by atomic mass is 79.9. The fourth-order valence-electron chi connectivity index (χ4n) is 4.73. The van der Waals surface area contributed by atoms with Gasteiger partial charge in [-0.3, -0.25) is 13.9 Å². The molecule has 0 bridgehead atoms. The van der Waals surface area contributed by atoms with Crippen LogP contribution in [0.25, 0.3) is 0 Å². The van der Waals surface area contributed by atoms with Crippen LogP contribution in [0, 0.1) is 12.7 Å². The molecule has 0 radical (unpaired) electrons. The van der Waals surface area contributed by atoms with Gasteiger partial charge in [-0.05, 0) is 80.8 Å². The topological polar surface area (TPSA) is 86.8 Å². The van der Waals surface area contributed by atoms with Gasteiger partial charge in [0.2, 0.25) is 11.8 Å². The van der Waals surface area contributed by atoms with Crippen molar-refractivity contribution in [3.05, 3.63) is 94.2 Å². The number of rotatable bonds is 10. The molecule has 1 fully saturated rings. The Morgan fingerprint density at radius 2 is 1.57 bits per heavy atom. The summed E-state index contributed by atoms with van der Waals surface area (Å²) in [5.74, 6) is -1.39. The monoisotopic (exact) mass is 629 g/mol. The van der Waals surface area contributed by atoms with Crippen LogP contribution in [0.3, 0.4) is 0 Å². The predicted octanol–water partition coefficient (Wildman–Crippen LogP) is 5.57. The van der Waals surface area contributed by atoms with Crippen LogP contribution in [0.15, 0.2) is 82.2 Å². The smallest absolute Gasteiger partial charge is 0.264 e. The Morgan fingerprint density at radius 3 is 2.17 bits per heavy atom. The average molecular weight is 631 g/mol. The Kier molecular flexibility index (Phi) is 9.63. The maximum Gasteiger partial charge on any atom is 0.264 e. The van der Waals surface area contributed by atoms with Crippen molar-refractivity contribution in [2.45, 2.75) is 63.1 Å². The van der Waals surface area contributed by atoms with Crippen LogP contribution in [0.1, 0.15) is 43.7 Å². The lowest BCUT2D eigenvalue weighted by atomic mass is 10.1. The Labute approximate surface area is 243 Å². The maximum absolute atomic E-state index is 14.0. The normalized spacial score (nSPS) is 14.5. The van der Waals surface area contributed by atoms with Crippen LogP contribution in [0.5, 0.6) is 0 Å². The second kappa shape index (κ2) is 13.0. The van der Waals surface area contributed by atoms with Gasteiger partial charge in [0, 0.05) is 17.1 Å². The zero-order chi connectivity index (χ0) is 28.9. The largest absolute Gasteiger partial charge is 0.352 e. The van der Waals surface area contributed by atoms with E-state index in [0.29, 0.717) is 0 Å². The number of hydrogen-bond acceptors (Lipinski definition) is 4. The van der Waals surface area contributed by atoms with E-state index in [2.05, 4.69) is 21.2 Å². The molecule has 1 atom stereocenters. The number of benzene rings is 3. The van der Waals surface area contributed by atoms with Crippen molar-refractivity contribution in [2.75, 3.05) is 10.8 Å². The summed E-state index contributed by atoms with van der Waals surface area (Å²) in [6.07, 6.45) is 3.90. The molecule has 0 spiro atoms. The summed E-state index contributed by atoms with van der Waals surface area (Å²) in [7, 11) is -4.24. The minimum absolute atomic E-state index is 0.0718. The number of halogens is 2. The lowest BCUT2D eigenvalue weighted by molar-refractivity contribution is -0.139. The Morgan fingerprint density at radius 1 is 0.975 bits per heavy atom. The number of sulfonamides is 1. The standard InChI is InChI=1S/C30H33BrFN3O4S/c1-21-7-15-27(16-8-21)35(40(38,39)28-17-13-25(32)14-18-28)20-29(36)34(19-23-9-11-24(31)12-10-23)22(2)30(37)33-26-5-3-4-6-26/h7-18,22,26H,3-6,19-20H2,1-2H3,(H,33,37)/t22-/m1/s1. The van der Waals surface area contributed by atoms with E-state index in [-0.39, 0.29) is 29.1 Å². The number of carbonyl (C=O) groups excluding carboxylic acids is 2. The summed E-state index contributed by atoms with van der Waals surface area (Å²) in [6, 6.07) is 17.9. The van der Waals surface area contributed by atoms with Crippen LogP contribution < -0.4 is 9.62 Å². The van der Waals surface area contributed by atoms with Gasteiger partial charge in [-0.15, -0.1) is 0 Å². The van der Waals surface area contributed by atoms with Crippen molar-refractivity contribution >= 4 is 43.5 Å². The average Bonchev–Trinajstić information content (AvgIpc) is 3.44. The van der Waals surface area contributed by atoms with E-state index in [1.54, 1.807) is 31.2 Å². The first-order valence-electron chi connectivity index (χ1n) is 13.2. The molecule has 7 nitrogen and oxygen atoms in total. The van der Waals surface area contributed by atoms with Gasteiger partial charge in [0.25, 0.3) is 10.0 Å². The molecule has 1 aliphatic rings. The van der Waals surface area contributed by atoms with Gasteiger partial charge in [-0.25, -0.2) is 12.8 Å². The third-order valence-electron chi connectivity index (χ3n) is 7.14. The van der Waals surface area contributed by atoms with Crippen LogP contribution in [0.2, 0.25) is 0 Å². The first-order valence-corrected chi connectivity index (χ1v) is 15.5. The number of anilines is 1. The third kappa shape index (κ3) is 7.28. The van der Waals surface area contributed by atoms with E-state index in [1.807, 2.05) is 31.2 Å². The van der Waals surface area contributed by atoms with Crippen LogP contribution >= 0.6 is 15.9 Å². The van der Waals surface area contributed by atoms with Crippen LogP contribution in [-0.4, -0.2) is 43.8 Å². The number of nitrogens with one attached hydrogen (secondary N) is 1. The molecule has 1 N–H and O–H groups in total. The highest BCUT2D eigenvalue weighted by molar-refractivity contribution is 9.10. The molecule has 0 heterocycles. The Bertz CT molecular complexity index is 1430. The molecule has 1 aliphatic carbocycles. The van der Waals surface area contributed by atoms with E-state index in [1.165, 1.54) is 17.0 Å². The summed E-state index contributed by atoms with van der Waals surface area (Å²) < 4.78 is 43.0. The third-order valence-corrected chi connectivity index (χ3v) is 9.45. The minimum Gasteiger partial charge on any atom is -0.352 e. The fraction of sp³-hybridized carbons (Fsp3) is 0.333. The molecule has 0 aromatic heterocycles. The molecule has 2 amide bonds. The van der Waals surface area contributed by atoms with Crippen molar-refractivity contribution < 1.29 is 22.4 Å². The lowest BCUT2D eigenvalue weighted by Crippen LogP contribution is -2.52. The first kappa shape index (κ1) is 29.7. The zero-order valence-corrected chi connectivity index (χ0v) is 24.9. The van der Waals surface area contributed by atoms with E-state index in [9.17, 15) is 22.4 Å². The number of aryl methyl sites for hydroxylation is 1. The first-order chi connectivity index (χ1) is 19.0. The summed E-state index contributed by atoms with van der Waals surface area (Å²) in [6.45, 7) is 3.11. The second-order valence-electron chi connectivity index (χ2n) is 10.1. The minimum atomic E-state index is -4.24. The van der Waals surface area contributed by atoms with Crippen molar-refractivity contribution in [3.63, 3.8) is 0 Å². The Balaban J connectivity index is 1.67. The second-order valence-corrected chi connectivity index (χ2v) is 12.9. The van der Waals surface area contributed by atoms with E-state index in [0.717, 1.165) is 57.7 Å². The zero-order valence-electron chi connectivity index (χ0n) is 22.5. The summed E-state index contributed by atoms with van der Waals surface area (Å²) in [5.41, 5.74) is 2.00. The van der Waals surface area contributed by atoms with Gasteiger partial charge >= 0.3 is 0 Å². The van der Waals surface area contributed by atoms with E-state index >= 15 is 0 Å². The molecule has 1 saturated carbocycles. The molecular formula is C30H33BrFN3O4S. The molecule has 3 aromatic rings. The number of amides is 2. The predicted molar refractivity (Wildman–Crippen MR) is 157 cm³/mol. The maximum atomic E-state index is 14.0. The molecule has 0 aliphatic heterocycles. The Hall–Kier alpha value is -3.24. The highest BCUT2D eigenvalue weighted by Crippen LogP contribution is 2.26. The SMILES string of the molecule is Cc1ccc(N(CC(=O)N(Cc2ccc(Br)cc2)[C@H](C)C(=O)NC2CCCC2)S(=O)(=O)c2ccc(F)cc2)cc1. The molecule has 4 rings (SSSR count). The van der Waals surface area contributed by atoms with Crippen molar-refractivity contribution in [3.8, 4) is 0 Å². The summed E-state index contributed by atoms with van der Waals surface area (Å²) in [5, 5.41) is 3.05. The molecule has 10 heteroatoms. The van der Waals surface area contributed by atoms with Crippen LogP contribution in [0.4, 0.5) is 10.1 Å². The molecule has 0 unspecified atom stereocenters. The van der Waals surface area contributed by atoms with Gasteiger partial charge < -0.3 is 10.2 Å². The summed E-state index contributed by atoms with van der Waals surface area (Å²) in [4.78, 5) is 28.5. The molecule has 40 heavy (non-hydrogen) atoms. The van der Waals surface area contributed by atoms with Crippen LogP contribution in [-0.2, 0) is 26.2 Å². The number of hydrogen-bond donors (Lipinski definition) is 1. The fourth-order valence-corrected chi connectivity index (χ4v) is 6.41. The van der Waals surface area contributed by atoms with Crippen molar-refractivity contribution in [1.29, 1.82) is 0 Å². The van der Waals surface area contributed by atoms with Gasteiger partial charge in [0.1, 0.15) is 18.4 Å². The van der Waals surface area contributed by atoms with E-state index < -0.39 is 34.3 Å². The summed E-state index contributed by atoms with van der Waals surface area (Å²) >= 11 is 3.41. The molecule has 212 valence electrons. The van der Waals surface area contributed by atoms with Gasteiger partial charge in [0.15, 0.2) is 0 Å². The van der Waals surface area contributed by atoms with Crippen molar-refractivity contribution in [2.24, 2.45) is 0 Å². The molecule has 3 aromatic carbocycles. The number of carbonyl (C=O) groups is 2. The molecule has 0 saturated heterocycles. The lowest BCUT2D eigenvalue weighted by Gasteiger charge is -2.32. The van der Waals surface area contributed by atoms with Gasteiger partial charge in [-0.1, -0.05) is 58.6 Å². The molecular weight excluding hydrogens is 597 g/mol. The van der Waals surface area contributed by atoms with Gasteiger partial charge in [0.05, 0.1) is 10.6 Å². The van der Waals surface area contributed by atoms with Crippen molar-refractivity contribution in [1.82, 2.24) is 10.2 Å². The number of nitrogens with zero attached hydrogens (tertiary/aromatic N) is 2. The van der Waals surface area contributed by atoms with Gasteiger partial charge in [-0.2, -0.15) is 0 Å². The quantitative estimate of drug-likeness (QED) is 0.318. The highest BCUT2D eigenvalue weighted by Gasteiger charge is 2.33. The van der Waals surface area contributed by atoms with E-state index in [4.69, 9.17) is 0 Å².